The van der Waals surface area contributed by atoms with Gasteiger partial charge in [-0.15, -0.1) is 0 Å². The van der Waals surface area contributed by atoms with E-state index in [1.807, 2.05) is 12.1 Å². The van der Waals surface area contributed by atoms with Crippen LogP contribution in [0.15, 0.2) is 24.5 Å². The predicted octanol–water partition coefficient (Wildman–Crippen LogP) is 0.687. The van der Waals surface area contributed by atoms with E-state index in [0.717, 1.165) is 12.0 Å². The van der Waals surface area contributed by atoms with Crippen molar-refractivity contribution in [2.24, 2.45) is 0 Å². The van der Waals surface area contributed by atoms with Gasteiger partial charge in [-0.1, -0.05) is 0 Å². The number of hydrogen-bond donors (Lipinski definition) is 2. The Labute approximate surface area is 83.0 Å². The SMILES string of the molecule is CNC(CCc1ccncc1)C(=O)O. The molecule has 4 heteroatoms. The van der Waals surface area contributed by atoms with Crippen LogP contribution in [0.5, 0.6) is 0 Å². The zero-order valence-electron chi connectivity index (χ0n) is 8.10. The smallest absolute Gasteiger partial charge is 0.320 e. The van der Waals surface area contributed by atoms with Crippen LogP contribution in [0, 0.1) is 0 Å². The molecule has 1 heterocycles. The summed E-state index contributed by atoms with van der Waals surface area (Å²) in [5.41, 5.74) is 1.11. The van der Waals surface area contributed by atoms with Crippen LogP contribution >= 0.6 is 0 Å². The minimum Gasteiger partial charge on any atom is -0.480 e. The second kappa shape index (κ2) is 5.34. The Bertz CT molecular complexity index is 287. The van der Waals surface area contributed by atoms with Crippen LogP contribution < -0.4 is 5.32 Å². The molecule has 1 rings (SSSR count). The van der Waals surface area contributed by atoms with Crippen molar-refractivity contribution in [3.05, 3.63) is 30.1 Å². The normalized spacial score (nSPS) is 12.4. The molecule has 0 aromatic carbocycles. The molecule has 14 heavy (non-hydrogen) atoms. The summed E-state index contributed by atoms with van der Waals surface area (Å²) in [6, 6.07) is 3.33. The van der Waals surface area contributed by atoms with E-state index in [4.69, 9.17) is 5.11 Å². The van der Waals surface area contributed by atoms with Gasteiger partial charge in [-0.25, -0.2) is 0 Å². The Morgan fingerprint density at radius 2 is 2.21 bits per heavy atom. The van der Waals surface area contributed by atoms with Gasteiger partial charge in [0, 0.05) is 12.4 Å². The van der Waals surface area contributed by atoms with E-state index in [1.165, 1.54) is 0 Å². The van der Waals surface area contributed by atoms with E-state index in [1.54, 1.807) is 19.4 Å². The molecular weight excluding hydrogens is 180 g/mol. The molecular formula is C10H14N2O2. The second-order valence-electron chi connectivity index (χ2n) is 3.07. The number of hydrogen-bond acceptors (Lipinski definition) is 3. The van der Waals surface area contributed by atoms with Gasteiger partial charge in [0.1, 0.15) is 6.04 Å². The first kappa shape index (κ1) is 10.7. The number of carboxylic acids is 1. The number of nitrogens with zero attached hydrogens (tertiary/aromatic N) is 1. The average molecular weight is 194 g/mol. The summed E-state index contributed by atoms with van der Waals surface area (Å²) in [4.78, 5) is 14.6. The number of aryl methyl sites for hydroxylation is 1. The molecule has 0 bridgehead atoms. The maximum Gasteiger partial charge on any atom is 0.320 e. The maximum absolute atomic E-state index is 10.7. The molecule has 76 valence electrons. The average Bonchev–Trinajstić information content (AvgIpc) is 2.20. The molecule has 0 radical (unpaired) electrons. The highest BCUT2D eigenvalue weighted by atomic mass is 16.4. The van der Waals surface area contributed by atoms with Gasteiger partial charge in [0.05, 0.1) is 0 Å². The molecule has 4 nitrogen and oxygen atoms in total. The molecule has 0 aliphatic rings. The Hall–Kier alpha value is -1.42. The highest BCUT2D eigenvalue weighted by molar-refractivity contribution is 5.73. The summed E-state index contributed by atoms with van der Waals surface area (Å²) < 4.78 is 0. The Balaban J connectivity index is 2.44. The third-order valence-electron chi connectivity index (χ3n) is 2.12. The zero-order valence-corrected chi connectivity index (χ0v) is 8.10. The Morgan fingerprint density at radius 3 is 2.71 bits per heavy atom. The maximum atomic E-state index is 10.7. The Morgan fingerprint density at radius 1 is 1.57 bits per heavy atom. The van der Waals surface area contributed by atoms with Crippen molar-refractivity contribution >= 4 is 5.97 Å². The van der Waals surface area contributed by atoms with Gasteiger partial charge < -0.3 is 10.4 Å². The zero-order chi connectivity index (χ0) is 10.4. The van der Waals surface area contributed by atoms with Crippen LogP contribution in [-0.4, -0.2) is 29.1 Å². The van der Waals surface area contributed by atoms with E-state index >= 15 is 0 Å². The van der Waals surface area contributed by atoms with Crippen LogP contribution in [0.3, 0.4) is 0 Å². The van der Waals surface area contributed by atoms with Crippen molar-refractivity contribution < 1.29 is 9.90 Å². The number of aromatic nitrogens is 1. The lowest BCUT2D eigenvalue weighted by atomic mass is 10.1. The molecule has 0 spiro atoms. The number of carboxylic acid groups (broad SMARTS) is 1. The molecule has 1 aromatic rings. The van der Waals surface area contributed by atoms with Gasteiger partial charge in [-0.05, 0) is 37.6 Å². The lowest BCUT2D eigenvalue weighted by Crippen LogP contribution is -2.34. The number of rotatable bonds is 5. The predicted molar refractivity (Wildman–Crippen MR) is 53.0 cm³/mol. The topological polar surface area (TPSA) is 62.2 Å². The summed E-state index contributed by atoms with van der Waals surface area (Å²) in [6.07, 6.45) is 4.77. The van der Waals surface area contributed by atoms with Crippen LogP contribution in [0.25, 0.3) is 0 Å². The van der Waals surface area contributed by atoms with E-state index in [-0.39, 0.29) is 0 Å². The van der Waals surface area contributed by atoms with Crippen LogP contribution in [-0.2, 0) is 11.2 Å². The number of nitrogens with one attached hydrogen (secondary N) is 1. The van der Waals surface area contributed by atoms with Crippen LogP contribution in [0.2, 0.25) is 0 Å². The fraction of sp³-hybridized carbons (Fsp3) is 0.400. The molecule has 2 N–H and O–H groups in total. The lowest BCUT2D eigenvalue weighted by molar-refractivity contribution is -0.139. The number of likely N-dealkylation sites (N-methyl/N-ethyl adjacent to an activating group) is 1. The summed E-state index contributed by atoms with van der Waals surface area (Å²) >= 11 is 0. The first-order valence-corrected chi connectivity index (χ1v) is 4.53. The standard InChI is InChI=1S/C10H14N2O2/c1-11-9(10(13)14)3-2-8-4-6-12-7-5-8/h4-7,9,11H,2-3H2,1H3,(H,13,14). The highest BCUT2D eigenvalue weighted by Gasteiger charge is 2.13. The molecule has 0 saturated heterocycles. The molecule has 0 amide bonds. The molecule has 1 unspecified atom stereocenters. The third kappa shape index (κ3) is 3.14. The fourth-order valence-corrected chi connectivity index (χ4v) is 1.25. The van der Waals surface area contributed by atoms with Gasteiger partial charge in [-0.3, -0.25) is 9.78 Å². The van der Waals surface area contributed by atoms with Gasteiger partial charge in [0.2, 0.25) is 0 Å². The quantitative estimate of drug-likeness (QED) is 0.723. The minimum atomic E-state index is -0.804. The molecule has 0 aliphatic heterocycles. The van der Waals surface area contributed by atoms with Crippen molar-refractivity contribution in [1.82, 2.24) is 10.3 Å². The van der Waals surface area contributed by atoms with E-state index in [0.29, 0.717) is 6.42 Å². The second-order valence-corrected chi connectivity index (χ2v) is 3.07. The monoisotopic (exact) mass is 194 g/mol. The number of pyridine rings is 1. The van der Waals surface area contributed by atoms with Gasteiger partial charge in [0.15, 0.2) is 0 Å². The summed E-state index contributed by atoms with van der Waals surface area (Å²) in [6.45, 7) is 0. The van der Waals surface area contributed by atoms with Crippen LogP contribution in [0.4, 0.5) is 0 Å². The van der Waals surface area contributed by atoms with Gasteiger partial charge >= 0.3 is 5.97 Å². The molecule has 1 aromatic heterocycles. The van der Waals surface area contributed by atoms with Crippen molar-refractivity contribution in [3.8, 4) is 0 Å². The van der Waals surface area contributed by atoms with E-state index in [9.17, 15) is 4.79 Å². The fourth-order valence-electron chi connectivity index (χ4n) is 1.25. The molecule has 0 aliphatic carbocycles. The Kier molecular flexibility index (Phi) is 4.07. The van der Waals surface area contributed by atoms with Gasteiger partial charge in [0.25, 0.3) is 0 Å². The lowest BCUT2D eigenvalue weighted by Gasteiger charge is -2.10. The van der Waals surface area contributed by atoms with Crippen molar-refractivity contribution in [2.45, 2.75) is 18.9 Å². The van der Waals surface area contributed by atoms with E-state index in [2.05, 4.69) is 10.3 Å². The molecule has 0 fully saturated rings. The summed E-state index contributed by atoms with van der Waals surface area (Å²) in [5, 5.41) is 11.5. The largest absolute Gasteiger partial charge is 0.480 e. The van der Waals surface area contributed by atoms with Crippen molar-refractivity contribution in [3.63, 3.8) is 0 Å². The van der Waals surface area contributed by atoms with Crippen molar-refractivity contribution in [1.29, 1.82) is 0 Å². The minimum absolute atomic E-state index is 0.469. The number of carbonyl (C=O) groups is 1. The number of aliphatic carboxylic acids is 1. The van der Waals surface area contributed by atoms with Crippen LogP contribution in [0.1, 0.15) is 12.0 Å². The highest BCUT2D eigenvalue weighted by Crippen LogP contribution is 2.03. The summed E-state index contributed by atoms with van der Waals surface area (Å²) in [5.74, 6) is -0.804. The first-order valence-electron chi connectivity index (χ1n) is 4.53. The molecule has 1 atom stereocenters. The van der Waals surface area contributed by atoms with Gasteiger partial charge in [-0.2, -0.15) is 0 Å². The third-order valence-corrected chi connectivity index (χ3v) is 2.12. The molecule has 0 saturated carbocycles. The van der Waals surface area contributed by atoms with Crippen molar-refractivity contribution in [2.75, 3.05) is 7.05 Å². The van der Waals surface area contributed by atoms with E-state index < -0.39 is 12.0 Å². The summed E-state index contributed by atoms with van der Waals surface area (Å²) in [7, 11) is 1.66. The first-order chi connectivity index (χ1) is 6.74.